The number of aryl methyl sites for hydroxylation is 1. The van der Waals surface area contributed by atoms with E-state index in [4.69, 9.17) is 9.15 Å². The number of rotatable bonds is 3. The Hall–Kier alpha value is -1.62. The van der Waals surface area contributed by atoms with Crippen molar-refractivity contribution >= 4 is 21.7 Å². The molecule has 0 N–H and O–H groups in total. The van der Waals surface area contributed by atoms with Gasteiger partial charge in [0.05, 0.1) is 29.0 Å². The van der Waals surface area contributed by atoms with E-state index in [-0.39, 0.29) is 21.6 Å². The highest BCUT2D eigenvalue weighted by Crippen LogP contribution is 2.29. The molecule has 2 aromatic rings. The number of halogens is 2. The molecule has 3 nitrogen and oxygen atoms in total. The molecule has 0 fully saturated rings. The standard InChI is InChI=1S/C13H10BrFO3/c1-7-8(3-4-18-7)13(16)9-5-10(14)11(15)6-12(9)17-2/h3-6H,1-2H3. The smallest absolute Gasteiger partial charge is 0.200 e. The van der Waals surface area contributed by atoms with Crippen LogP contribution in [-0.4, -0.2) is 12.9 Å². The van der Waals surface area contributed by atoms with Gasteiger partial charge in [0.1, 0.15) is 17.3 Å². The van der Waals surface area contributed by atoms with E-state index in [1.807, 2.05) is 0 Å². The molecule has 0 atom stereocenters. The number of carbonyl (C=O) groups is 1. The van der Waals surface area contributed by atoms with Crippen LogP contribution in [0.3, 0.4) is 0 Å². The van der Waals surface area contributed by atoms with E-state index in [0.29, 0.717) is 11.3 Å². The molecule has 1 heterocycles. The third-order valence-corrected chi connectivity index (χ3v) is 3.20. The van der Waals surface area contributed by atoms with Gasteiger partial charge in [0.15, 0.2) is 5.78 Å². The number of carbonyl (C=O) groups excluding carboxylic acids is 1. The van der Waals surface area contributed by atoms with E-state index in [1.54, 1.807) is 13.0 Å². The summed E-state index contributed by atoms with van der Waals surface area (Å²) in [4.78, 5) is 12.3. The maximum absolute atomic E-state index is 13.4. The second-order valence-corrected chi connectivity index (χ2v) is 4.54. The van der Waals surface area contributed by atoms with Gasteiger partial charge in [-0.1, -0.05) is 0 Å². The molecule has 2 rings (SSSR count). The summed E-state index contributed by atoms with van der Waals surface area (Å²) in [6.45, 7) is 1.69. The molecule has 94 valence electrons. The Bertz CT molecular complexity index is 604. The molecular formula is C13H10BrFO3. The Kier molecular flexibility index (Phi) is 3.52. The first kappa shape index (κ1) is 12.8. The van der Waals surface area contributed by atoms with Crippen LogP contribution in [0.25, 0.3) is 0 Å². The minimum Gasteiger partial charge on any atom is -0.496 e. The molecule has 0 aliphatic carbocycles. The number of benzene rings is 1. The van der Waals surface area contributed by atoms with E-state index >= 15 is 0 Å². The Balaban J connectivity index is 2.54. The van der Waals surface area contributed by atoms with Crippen LogP contribution in [0.2, 0.25) is 0 Å². The number of furan rings is 1. The minimum absolute atomic E-state index is 0.196. The average molecular weight is 313 g/mol. The summed E-state index contributed by atoms with van der Waals surface area (Å²) in [6, 6.07) is 4.16. The highest BCUT2D eigenvalue weighted by atomic mass is 79.9. The van der Waals surface area contributed by atoms with Crippen LogP contribution >= 0.6 is 15.9 Å². The van der Waals surface area contributed by atoms with Gasteiger partial charge in [0, 0.05) is 6.07 Å². The van der Waals surface area contributed by atoms with Crippen molar-refractivity contribution in [2.24, 2.45) is 0 Å². The summed E-state index contributed by atoms with van der Waals surface area (Å²) < 4.78 is 23.7. The monoisotopic (exact) mass is 312 g/mol. The van der Waals surface area contributed by atoms with Gasteiger partial charge in [-0.3, -0.25) is 4.79 Å². The number of ketones is 1. The average Bonchev–Trinajstić information content (AvgIpc) is 2.77. The molecule has 0 saturated heterocycles. The Labute approximate surface area is 112 Å². The summed E-state index contributed by atoms with van der Waals surface area (Å²) in [5.41, 5.74) is 0.724. The van der Waals surface area contributed by atoms with Crippen molar-refractivity contribution in [1.29, 1.82) is 0 Å². The van der Waals surface area contributed by atoms with Gasteiger partial charge >= 0.3 is 0 Å². The summed E-state index contributed by atoms with van der Waals surface area (Å²) in [7, 11) is 1.39. The van der Waals surface area contributed by atoms with Gasteiger partial charge in [-0.05, 0) is 35.0 Å². The zero-order valence-corrected chi connectivity index (χ0v) is 11.4. The SMILES string of the molecule is COc1cc(F)c(Br)cc1C(=O)c1ccoc1C. The summed E-state index contributed by atoms with van der Waals surface area (Å²) in [5.74, 6) is -0.0325. The molecule has 0 spiro atoms. The predicted molar refractivity (Wildman–Crippen MR) is 67.5 cm³/mol. The highest BCUT2D eigenvalue weighted by molar-refractivity contribution is 9.10. The van der Waals surface area contributed by atoms with Crippen molar-refractivity contribution in [2.45, 2.75) is 6.92 Å². The van der Waals surface area contributed by atoms with E-state index in [9.17, 15) is 9.18 Å². The van der Waals surface area contributed by atoms with Crippen molar-refractivity contribution in [2.75, 3.05) is 7.11 Å². The van der Waals surface area contributed by atoms with Crippen LogP contribution in [0.4, 0.5) is 4.39 Å². The van der Waals surface area contributed by atoms with Crippen molar-refractivity contribution in [1.82, 2.24) is 0 Å². The maximum atomic E-state index is 13.4. The fourth-order valence-electron chi connectivity index (χ4n) is 1.64. The van der Waals surface area contributed by atoms with Crippen molar-refractivity contribution in [3.63, 3.8) is 0 Å². The fourth-order valence-corrected chi connectivity index (χ4v) is 1.98. The lowest BCUT2D eigenvalue weighted by atomic mass is 10.0. The Morgan fingerprint density at radius 3 is 2.67 bits per heavy atom. The van der Waals surface area contributed by atoms with Crippen LogP contribution in [0, 0.1) is 12.7 Å². The molecule has 5 heteroatoms. The molecule has 0 amide bonds. The first-order valence-corrected chi connectivity index (χ1v) is 5.95. The second-order valence-electron chi connectivity index (χ2n) is 3.69. The van der Waals surface area contributed by atoms with E-state index in [2.05, 4.69) is 15.9 Å². The van der Waals surface area contributed by atoms with Crippen molar-refractivity contribution in [3.05, 3.63) is 51.6 Å². The molecular weight excluding hydrogens is 303 g/mol. The van der Waals surface area contributed by atoms with Crippen LogP contribution in [-0.2, 0) is 0 Å². The van der Waals surface area contributed by atoms with E-state index in [1.165, 1.54) is 25.5 Å². The summed E-state index contributed by atoms with van der Waals surface area (Å²) in [5, 5.41) is 0. The molecule has 18 heavy (non-hydrogen) atoms. The lowest BCUT2D eigenvalue weighted by Gasteiger charge is -2.08. The first-order chi connectivity index (χ1) is 8.54. The molecule has 0 unspecified atom stereocenters. The second kappa shape index (κ2) is 4.94. The van der Waals surface area contributed by atoms with Crippen LogP contribution in [0.15, 0.2) is 33.4 Å². The third-order valence-electron chi connectivity index (χ3n) is 2.59. The summed E-state index contributed by atoms with van der Waals surface area (Å²) >= 11 is 3.05. The van der Waals surface area contributed by atoms with Gasteiger partial charge in [-0.15, -0.1) is 0 Å². The van der Waals surface area contributed by atoms with E-state index < -0.39 is 5.82 Å². The van der Waals surface area contributed by atoms with Gasteiger partial charge < -0.3 is 9.15 Å². The topological polar surface area (TPSA) is 39.4 Å². The number of hydrogen-bond acceptors (Lipinski definition) is 3. The lowest BCUT2D eigenvalue weighted by Crippen LogP contribution is -2.05. The zero-order valence-electron chi connectivity index (χ0n) is 9.79. The molecule has 0 aliphatic rings. The molecule has 0 bridgehead atoms. The number of hydrogen-bond donors (Lipinski definition) is 0. The molecule has 1 aromatic carbocycles. The number of ether oxygens (including phenoxy) is 1. The van der Waals surface area contributed by atoms with Crippen molar-refractivity contribution < 1.29 is 18.3 Å². The predicted octanol–water partition coefficient (Wildman–Crippen LogP) is 3.73. The molecule has 1 aromatic heterocycles. The van der Waals surface area contributed by atoms with Crippen LogP contribution in [0.5, 0.6) is 5.75 Å². The highest BCUT2D eigenvalue weighted by Gasteiger charge is 2.20. The largest absolute Gasteiger partial charge is 0.496 e. The maximum Gasteiger partial charge on any atom is 0.200 e. The molecule has 0 radical (unpaired) electrons. The quantitative estimate of drug-likeness (QED) is 0.811. The van der Waals surface area contributed by atoms with Crippen molar-refractivity contribution in [3.8, 4) is 5.75 Å². The van der Waals surface area contributed by atoms with Gasteiger partial charge in [-0.25, -0.2) is 4.39 Å². The molecule has 0 aliphatic heterocycles. The normalized spacial score (nSPS) is 10.4. The van der Waals surface area contributed by atoms with Gasteiger partial charge in [-0.2, -0.15) is 0 Å². The lowest BCUT2D eigenvalue weighted by molar-refractivity contribution is 0.103. The Morgan fingerprint density at radius 2 is 2.11 bits per heavy atom. The van der Waals surface area contributed by atoms with E-state index in [0.717, 1.165) is 0 Å². The zero-order chi connectivity index (χ0) is 13.3. The van der Waals surface area contributed by atoms with Gasteiger partial charge in [0.25, 0.3) is 0 Å². The van der Waals surface area contributed by atoms with Crippen LogP contribution in [0.1, 0.15) is 21.7 Å². The van der Waals surface area contributed by atoms with Gasteiger partial charge in [0.2, 0.25) is 0 Å². The Morgan fingerprint density at radius 1 is 1.39 bits per heavy atom. The fraction of sp³-hybridized carbons (Fsp3) is 0.154. The number of methoxy groups -OCH3 is 1. The third kappa shape index (κ3) is 2.18. The minimum atomic E-state index is -0.479. The molecule has 0 saturated carbocycles. The van der Waals surface area contributed by atoms with Crippen LogP contribution < -0.4 is 4.74 Å². The first-order valence-electron chi connectivity index (χ1n) is 5.16. The summed E-state index contributed by atoms with van der Waals surface area (Å²) in [6.07, 6.45) is 1.44.